The van der Waals surface area contributed by atoms with E-state index in [0.29, 0.717) is 38.4 Å². The maximum Gasteiger partial charge on any atom is 0.114 e. The number of piperidine rings is 3. The number of fused-ring (bicyclic) bond motifs is 5. The predicted octanol–water partition coefficient (Wildman–Crippen LogP) is 6.42. The third-order valence-electron chi connectivity index (χ3n) is 11.7. The lowest BCUT2D eigenvalue weighted by atomic mass is 9.68. The molecule has 5 aliphatic rings. The van der Waals surface area contributed by atoms with Crippen molar-refractivity contribution in [3.63, 3.8) is 0 Å². The van der Waals surface area contributed by atoms with Crippen LogP contribution in [0.1, 0.15) is 101 Å². The number of rotatable bonds is 12. The van der Waals surface area contributed by atoms with Crippen molar-refractivity contribution in [3.05, 3.63) is 30.1 Å². The maximum absolute atomic E-state index is 5.92. The third-order valence-corrected chi connectivity index (χ3v) is 11.7. The van der Waals surface area contributed by atoms with E-state index in [0.717, 1.165) is 56.2 Å². The lowest BCUT2D eigenvalue weighted by Crippen LogP contribution is -2.58. The second-order valence-electron chi connectivity index (χ2n) is 14.5. The fourth-order valence-corrected chi connectivity index (χ4v) is 10.00. The molecule has 238 valence electrons. The molecule has 4 heterocycles. The van der Waals surface area contributed by atoms with Gasteiger partial charge in [0.2, 0.25) is 0 Å². The number of ether oxygens (including phenoxy) is 3. The number of hydrogen-bond acceptors (Lipinski definition) is 6. The molecule has 3 saturated heterocycles. The molecule has 7 rings (SSSR count). The van der Waals surface area contributed by atoms with Crippen LogP contribution in [0.4, 0.5) is 0 Å². The Morgan fingerprint density at radius 1 is 0.721 bits per heavy atom. The van der Waals surface area contributed by atoms with Crippen LogP contribution < -0.4 is 0 Å². The van der Waals surface area contributed by atoms with E-state index in [-0.39, 0.29) is 0 Å². The van der Waals surface area contributed by atoms with Crippen molar-refractivity contribution in [2.75, 3.05) is 59.8 Å². The standard InChI is InChI=1S/C36H56N4O3/c1-41-17-18-43-20-19-42-16-15-38-14-6-9-29(26-38)36-37-34-12-2-3-13-35(34)40(36)33-24-30-10-5-11-31(25-33)39(30)32-22-27-7-4-8-28(21-27)23-32/h2-3,12-13,27-33H,4-11,14-26H2,1H3/t27-,28+,29-,30-,31+,32?,33?/m0/s1. The lowest BCUT2D eigenvalue weighted by molar-refractivity contribution is -0.0487. The Kier molecular flexibility index (Phi) is 10.0. The van der Waals surface area contributed by atoms with E-state index >= 15 is 0 Å². The predicted molar refractivity (Wildman–Crippen MR) is 172 cm³/mol. The minimum Gasteiger partial charge on any atom is -0.382 e. The Morgan fingerprint density at radius 2 is 1.44 bits per heavy atom. The first-order chi connectivity index (χ1) is 21.3. The molecule has 0 N–H and O–H groups in total. The summed E-state index contributed by atoms with van der Waals surface area (Å²) < 4.78 is 19.3. The van der Waals surface area contributed by atoms with Crippen molar-refractivity contribution in [3.8, 4) is 0 Å². The molecule has 2 saturated carbocycles. The topological polar surface area (TPSA) is 52.0 Å². The fraction of sp³-hybridized carbons (Fsp3) is 0.806. The van der Waals surface area contributed by atoms with E-state index in [1.54, 1.807) is 7.11 Å². The molecule has 1 aromatic carbocycles. The Bertz CT molecular complexity index is 1140. The summed E-state index contributed by atoms with van der Waals surface area (Å²) in [6.07, 6.45) is 18.3. The molecule has 7 heteroatoms. The lowest BCUT2D eigenvalue weighted by Gasteiger charge is -2.55. The van der Waals surface area contributed by atoms with Gasteiger partial charge in [0.15, 0.2) is 0 Å². The molecule has 2 unspecified atom stereocenters. The zero-order valence-corrected chi connectivity index (χ0v) is 26.7. The molecule has 0 spiro atoms. The number of methoxy groups -OCH3 is 1. The van der Waals surface area contributed by atoms with E-state index in [2.05, 4.69) is 38.6 Å². The Morgan fingerprint density at radius 3 is 2.23 bits per heavy atom. The van der Waals surface area contributed by atoms with Crippen molar-refractivity contribution in [2.24, 2.45) is 11.8 Å². The van der Waals surface area contributed by atoms with Crippen molar-refractivity contribution >= 4 is 11.0 Å². The average Bonchev–Trinajstić information content (AvgIpc) is 3.41. The third kappa shape index (κ3) is 6.86. The van der Waals surface area contributed by atoms with Gasteiger partial charge in [0.1, 0.15) is 5.82 Å². The van der Waals surface area contributed by atoms with E-state index in [1.165, 1.54) is 100 Å². The molecular weight excluding hydrogens is 536 g/mol. The SMILES string of the molecule is COCCOCCOCCN1CCC[C@H](c2nc3ccccc3n2C2C[C@H]3CCC[C@@H](C2)N3C2C[C@H]3CCC[C@@H](C2)C3)C1. The zero-order chi connectivity index (χ0) is 29.0. The summed E-state index contributed by atoms with van der Waals surface area (Å²) in [5, 5.41) is 0. The van der Waals surface area contributed by atoms with Crippen LogP contribution in [-0.4, -0.2) is 97.3 Å². The van der Waals surface area contributed by atoms with Crippen LogP contribution in [0.25, 0.3) is 11.0 Å². The summed E-state index contributed by atoms with van der Waals surface area (Å²) in [6, 6.07) is 11.9. The highest BCUT2D eigenvalue weighted by Crippen LogP contribution is 2.48. The van der Waals surface area contributed by atoms with E-state index in [4.69, 9.17) is 19.2 Å². The van der Waals surface area contributed by atoms with Gasteiger partial charge in [-0.1, -0.05) is 37.8 Å². The zero-order valence-electron chi connectivity index (χ0n) is 26.7. The maximum atomic E-state index is 5.92. The van der Waals surface area contributed by atoms with Gasteiger partial charge in [-0.25, -0.2) is 4.98 Å². The quantitative estimate of drug-likeness (QED) is 0.265. The van der Waals surface area contributed by atoms with Gasteiger partial charge >= 0.3 is 0 Å². The molecule has 2 aliphatic carbocycles. The Hall–Kier alpha value is -1.51. The molecule has 0 amide bonds. The van der Waals surface area contributed by atoms with Crippen molar-refractivity contribution in [2.45, 2.75) is 114 Å². The second-order valence-corrected chi connectivity index (χ2v) is 14.5. The summed E-state index contributed by atoms with van der Waals surface area (Å²) in [7, 11) is 1.70. The molecule has 5 fully saturated rings. The smallest absolute Gasteiger partial charge is 0.114 e. The summed E-state index contributed by atoms with van der Waals surface area (Å²) in [6.45, 7) is 6.57. The molecule has 7 atom stereocenters. The summed E-state index contributed by atoms with van der Waals surface area (Å²) in [5.74, 6) is 3.87. The van der Waals surface area contributed by atoms with Crippen LogP contribution in [0.15, 0.2) is 24.3 Å². The fourth-order valence-electron chi connectivity index (χ4n) is 10.00. The van der Waals surface area contributed by atoms with Crippen LogP contribution in [0.2, 0.25) is 0 Å². The highest BCUT2D eigenvalue weighted by Gasteiger charge is 2.45. The number of hydrogen-bond donors (Lipinski definition) is 0. The Labute approximate surface area is 259 Å². The molecule has 2 aromatic rings. The minimum atomic E-state index is 0.495. The van der Waals surface area contributed by atoms with Crippen LogP contribution in [0.3, 0.4) is 0 Å². The van der Waals surface area contributed by atoms with Crippen LogP contribution in [-0.2, 0) is 14.2 Å². The molecule has 7 nitrogen and oxygen atoms in total. The van der Waals surface area contributed by atoms with Gasteiger partial charge in [-0.2, -0.15) is 0 Å². The van der Waals surface area contributed by atoms with Crippen LogP contribution >= 0.6 is 0 Å². The summed E-state index contributed by atoms with van der Waals surface area (Å²) in [5.41, 5.74) is 2.56. The summed E-state index contributed by atoms with van der Waals surface area (Å²) in [4.78, 5) is 11.1. The van der Waals surface area contributed by atoms with Gasteiger partial charge in [0.25, 0.3) is 0 Å². The van der Waals surface area contributed by atoms with Gasteiger partial charge in [0, 0.05) is 50.3 Å². The first-order valence-electron chi connectivity index (χ1n) is 17.9. The van der Waals surface area contributed by atoms with Gasteiger partial charge < -0.3 is 23.7 Å². The van der Waals surface area contributed by atoms with Crippen molar-refractivity contribution in [1.82, 2.24) is 19.4 Å². The van der Waals surface area contributed by atoms with Gasteiger partial charge in [0.05, 0.1) is 44.1 Å². The van der Waals surface area contributed by atoms with Gasteiger partial charge in [-0.05, 0) is 88.3 Å². The molecule has 4 bridgehead atoms. The second kappa shape index (κ2) is 14.3. The molecule has 1 aromatic heterocycles. The highest BCUT2D eigenvalue weighted by molar-refractivity contribution is 5.76. The number of nitrogens with zero attached hydrogens (tertiary/aromatic N) is 4. The van der Waals surface area contributed by atoms with E-state index in [1.807, 2.05) is 0 Å². The van der Waals surface area contributed by atoms with Crippen molar-refractivity contribution < 1.29 is 14.2 Å². The van der Waals surface area contributed by atoms with Crippen LogP contribution in [0, 0.1) is 11.8 Å². The number of likely N-dealkylation sites (tertiary alicyclic amines) is 1. The number of benzene rings is 1. The van der Waals surface area contributed by atoms with E-state index < -0.39 is 0 Å². The normalized spacial score (nSPS) is 33.7. The first-order valence-corrected chi connectivity index (χ1v) is 17.9. The summed E-state index contributed by atoms with van der Waals surface area (Å²) >= 11 is 0. The minimum absolute atomic E-state index is 0.495. The van der Waals surface area contributed by atoms with Crippen LogP contribution in [0.5, 0.6) is 0 Å². The highest BCUT2D eigenvalue weighted by atomic mass is 16.5. The number of para-hydroxylation sites is 2. The molecule has 43 heavy (non-hydrogen) atoms. The van der Waals surface area contributed by atoms with Gasteiger partial charge in [-0.15, -0.1) is 0 Å². The Balaban J connectivity index is 1.03. The average molecular weight is 593 g/mol. The molecule has 3 aliphatic heterocycles. The number of aromatic nitrogens is 2. The number of imidazole rings is 1. The van der Waals surface area contributed by atoms with E-state index in [9.17, 15) is 0 Å². The molecular formula is C36H56N4O3. The molecule has 0 radical (unpaired) electrons. The van der Waals surface area contributed by atoms with Crippen molar-refractivity contribution in [1.29, 1.82) is 0 Å². The largest absolute Gasteiger partial charge is 0.382 e. The van der Waals surface area contributed by atoms with Gasteiger partial charge in [-0.3, -0.25) is 4.90 Å². The monoisotopic (exact) mass is 592 g/mol. The first kappa shape index (κ1) is 30.2.